The lowest BCUT2D eigenvalue weighted by Gasteiger charge is -2.33. The fourth-order valence-electron chi connectivity index (χ4n) is 4.15. The summed E-state index contributed by atoms with van der Waals surface area (Å²) in [5, 5.41) is 5.30. The van der Waals surface area contributed by atoms with Gasteiger partial charge in [-0.15, -0.1) is 0 Å². The molecule has 0 saturated carbocycles. The van der Waals surface area contributed by atoms with Crippen molar-refractivity contribution in [2.75, 3.05) is 18.4 Å². The molecule has 2 heterocycles. The molecule has 5 rings (SSSR count). The van der Waals surface area contributed by atoms with E-state index in [9.17, 15) is 4.79 Å². The summed E-state index contributed by atoms with van der Waals surface area (Å²) in [6, 6.07) is 22.7. The smallest absolute Gasteiger partial charge is 0.321 e. The van der Waals surface area contributed by atoms with Crippen molar-refractivity contribution in [2.24, 2.45) is 0 Å². The predicted molar refractivity (Wildman–Crippen MR) is 113 cm³/mol. The zero-order valence-corrected chi connectivity index (χ0v) is 15.6. The first-order valence-electron chi connectivity index (χ1n) is 9.75. The minimum Gasteiger partial charge on any atom is -0.327 e. The minimum absolute atomic E-state index is 0.0229. The van der Waals surface area contributed by atoms with Crippen LogP contribution in [0.4, 0.5) is 10.5 Å². The van der Waals surface area contributed by atoms with Gasteiger partial charge in [0.25, 0.3) is 0 Å². The van der Waals surface area contributed by atoms with Crippen LogP contribution < -0.4 is 5.32 Å². The predicted octanol–water partition coefficient (Wildman–Crippen LogP) is 5.06. The Morgan fingerprint density at radius 2 is 1.68 bits per heavy atom. The number of nitrogens with zero attached hydrogens (tertiary/aromatic N) is 3. The molecule has 1 N–H and O–H groups in total. The second-order valence-corrected chi connectivity index (χ2v) is 7.32. The molecule has 0 atom stereocenters. The molecule has 1 fully saturated rings. The first-order chi connectivity index (χ1) is 13.8. The van der Waals surface area contributed by atoms with Crippen molar-refractivity contribution in [1.82, 2.24) is 14.5 Å². The summed E-state index contributed by atoms with van der Waals surface area (Å²) >= 11 is 0. The largest absolute Gasteiger partial charge is 0.327 e. The molecule has 0 aliphatic carbocycles. The number of anilines is 1. The Balaban J connectivity index is 1.28. The van der Waals surface area contributed by atoms with Gasteiger partial charge in [-0.2, -0.15) is 0 Å². The van der Waals surface area contributed by atoms with Crippen molar-refractivity contribution < 1.29 is 4.79 Å². The number of para-hydroxylation sites is 2. The van der Waals surface area contributed by atoms with Crippen LogP contribution in [0.1, 0.15) is 18.9 Å². The second kappa shape index (κ2) is 7.00. The normalized spacial score (nSPS) is 15.2. The van der Waals surface area contributed by atoms with E-state index in [2.05, 4.69) is 33.1 Å². The Labute approximate surface area is 163 Å². The van der Waals surface area contributed by atoms with Crippen molar-refractivity contribution in [2.45, 2.75) is 18.9 Å². The van der Waals surface area contributed by atoms with Gasteiger partial charge >= 0.3 is 6.03 Å². The van der Waals surface area contributed by atoms with Gasteiger partial charge in [-0.3, -0.25) is 0 Å². The third kappa shape index (κ3) is 2.99. The molecule has 140 valence electrons. The molecule has 0 unspecified atom stereocenters. The maximum Gasteiger partial charge on any atom is 0.321 e. The molecule has 5 nitrogen and oxygen atoms in total. The summed E-state index contributed by atoms with van der Waals surface area (Å²) in [7, 11) is 0. The summed E-state index contributed by atoms with van der Waals surface area (Å²) in [5.74, 6) is 0. The fraction of sp³-hybridized carbons (Fsp3) is 0.217. The summed E-state index contributed by atoms with van der Waals surface area (Å²) in [6.07, 6.45) is 3.80. The van der Waals surface area contributed by atoms with E-state index in [1.54, 1.807) is 0 Å². The van der Waals surface area contributed by atoms with Gasteiger partial charge in [-0.25, -0.2) is 9.78 Å². The fourth-order valence-corrected chi connectivity index (χ4v) is 4.15. The highest BCUT2D eigenvalue weighted by Gasteiger charge is 2.25. The number of carbonyl (C=O) groups is 1. The molecule has 1 aliphatic heterocycles. The van der Waals surface area contributed by atoms with Crippen molar-refractivity contribution in [1.29, 1.82) is 0 Å². The maximum atomic E-state index is 12.8. The van der Waals surface area contributed by atoms with E-state index in [4.69, 9.17) is 0 Å². The number of rotatable bonds is 2. The maximum absolute atomic E-state index is 12.8. The first kappa shape index (κ1) is 16.8. The Morgan fingerprint density at radius 3 is 2.57 bits per heavy atom. The molecule has 0 bridgehead atoms. The lowest BCUT2D eigenvalue weighted by atomic mass is 10.0. The van der Waals surface area contributed by atoms with E-state index in [1.165, 1.54) is 5.52 Å². The molecule has 1 aliphatic rings. The molecule has 28 heavy (non-hydrogen) atoms. The molecular formula is C23H22N4O. The van der Waals surface area contributed by atoms with Crippen LogP contribution in [0, 0.1) is 0 Å². The van der Waals surface area contributed by atoms with Crippen LogP contribution in [0.3, 0.4) is 0 Å². The molecule has 0 spiro atoms. The van der Waals surface area contributed by atoms with Gasteiger partial charge in [0.2, 0.25) is 0 Å². The van der Waals surface area contributed by atoms with Crippen LogP contribution in [0.25, 0.3) is 21.8 Å². The van der Waals surface area contributed by atoms with E-state index >= 15 is 0 Å². The Kier molecular flexibility index (Phi) is 4.20. The van der Waals surface area contributed by atoms with Crippen molar-refractivity contribution in [3.8, 4) is 0 Å². The molecule has 5 heteroatoms. The zero-order chi connectivity index (χ0) is 18.9. The highest BCUT2D eigenvalue weighted by molar-refractivity contribution is 6.01. The van der Waals surface area contributed by atoms with E-state index in [1.807, 2.05) is 59.8 Å². The van der Waals surface area contributed by atoms with Crippen LogP contribution in [0.15, 0.2) is 73.1 Å². The van der Waals surface area contributed by atoms with Gasteiger partial charge in [0.15, 0.2) is 0 Å². The number of likely N-dealkylation sites (tertiary alicyclic amines) is 1. The lowest BCUT2D eigenvalue weighted by Crippen LogP contribution is -2.41. The average molecular weight is 370 g/mol. The summed E-state index contributed by atoms with van der Waals surface area (Å²) < 4.78 is 2.26. The standard InChI is InChI=1S/C23H22N4O/c28-23(25-20-10-5-7-17-6-1-2-8-19(17)20)26-14-12-18(13-15-26)27-16-24-21-9-3-4-11-22(21)27/h1-11,16,18H,12-15H2,(H,25,28). The number of imidazole rings is 1. The van der Waals surface area contributed by atoms with Crippen LogP contribution in [-0.4, -0.2) is 33.6 Å². The molecule has 4 aromatic rings. The number of aromatic nitrogens is 2. The van der Waals surface area contributed by atoms with Gasteiger partial charge in [0.1, 0.15) is 0 Å². The molecule has 1 aromatic heterocycles. The highest BCUT2D eigenvalue weighted by Crippen LogP contribution is 2.28. The number of carbonyl (C=O) groups excluding carboxylic acids is 1. The number of urea groups is 1. The van der Waals surface area contributed by atoms with Gasteiger partial charge in [-0.05, 0) is 36.4 Å². The van der Waals surface area contributed by atoms with Crippen molar-refractivity contribution in [3.63, 3.8) is 0 Å². The second-order valence-electron chi connectivity index (χ2n) is 7.32. The SMILES string of the molecule is O=C(Nc1cccc2ccccc12)N1CCC(n2cnc3ccccc32)CC1. The monoisotopic (exact) mass is 370 g/mol. The molecule has 1 saturated heterocycles. The Bertz CT molecular complexity index is 1140. The van der Waals surface area contributed by atoms with E-state index in [0.717, 1.165) is 47.9 Å². The molecular weight excluding hydrogens is 348 g/mol. The first-order valence-corrected chi connectivity index (χ1v) is 9.75. The van der Waals surface area contributed by atoms with Gasteiger partial charge < -0.3 is 14.8 Å². The van der Waals surface area contributed by atoms with E-state index in [0.29, 0.717) is 6.04 Å². The van der Waals surface area contributed by atoms with E-state index < -0.39 is 0 Å². The number of fused-ring (bicyclic) bond motifs is 2. The zero-order valence-electron chi connectivity index (χ0n) is 15.6. The molecule has 3 aromatic carbocycles. The van der Waals surface area contributed by atoms with Gasteiger partial charge in [0, 0.05) is 24.5 Å². The summed E-state index contributed by atoms with van der Waals surface area (Å²) in [4.78, 5) is 19.2. The minimum atomic E-state index is -0.0229. The quantitative estimate of drug-likeness (QED) is 0.536. The van der Waals surface area contributed by atoms with Crippen molar-refractivity contribution >= 4 is 33.5 Å². The number of amides is 2. The van der Waals surface area contributed by atoms with Gasteiger partial charge in [0.05, 0.1) is 23.0 Å². The van der Waals surface area contributed by atoms with Crippen LogP contribution >= 0.6 is 0 Å². The number of hydrogen-bond donors (Lipinski definition) is 1. The molecule has 0 radical (unpaired) electrons. The summed E-state index contributed by atoms with van der Waals surface area (Å²) in [6.45, 7) is 1.49. The van der Waals surface area contributed by atoms with E-state index in [-0.39, 0.29) is 6.03 Å². The van der Waals surface area contributed by atoms with Gasteiger partial charge in [-0.1, -0.05) is 48.5 Å². The summed E-state index contributed by atoms with van der Waals surface area (Å²) in [5.41, 5.74) is 3.06. The Hall–Kier alpha value is -3.34. The number of hydrogen-bond acceptors (Lipinski definition) is 2. The lowest BCUT2D eigenvalue weighted by molar-refractivity contribution is 0.184. The molecule has 2 amide bonds. The third-order valence-electron chi connectivity index (χ3n) is 5.66. The number of benzene rings is 3. The van der Waals surface area contributed by atoms with Crippen LogP contribution in [-0.2, 0) is 0 Å². The number of piperidine rings is 1. The van der Waals surface area contributed by atoms with Crippen LogP contribution in [0.2, 0.25) is 0 Å². The van der Waals surface area contributed by atoms with Crippen LogP contribution in [0.5, 0.6) is 0 Å². The highest BCUT2D eigenvalue weighted by atomic mass is 16.2. The third-order valence-corrected chi connectivity index (χ3v) is 5.66. The topological polar surface area (TPSA) is 50.2 Å². The number of nitrogens with one attached hydrogen (secondary N) is 1. The Morgan fingerprint density at radius 1 is 0.929 bits per heavy atom. The average Bonchev–Trinajstić information content (AvgIpc) is 3.18. The van der Waals surface area contributed by atoms with Crippen molar-refractivity contribution in [3.05, 3.63) is 73.1 Å².